The molecule has 0 bridgehead atoms. The topological polar surface area (TPSA) is 85.0 Å². The second-order valence-electron chi connectivity index (χ2n) is 7.98. The highest BCUT2D eigenvalue weighted by molar-refractivity contribution is 7.95. The Hall–Kier alpha value is -3.86. The van der Waals surface area contributed by atoms with E-state index in [0.717, 1.165) is 11.3 Å². The maximum absolute atomic E-state index is 13.2. The summed E-state index contributed by atoms with van der Waals surface area (Å²) in [5, 5.41) is 14.9. The third-order valence-corrected chi connectivity index (χ3v) is 7.01. The van der Waals surface area contributed by atoms with Crippen LogP contribution in [0.1, 0.15) is 19.4 Å². The summed E-state index contributed by atoms with van der Waals surface area (Å²) < 4.78 is 33.7. The van der Waals surface area contributed by atoms with E-state index in [4.69, 9.17) is 21.4 Å². The van der Waals surface area contributed by atoms with E-state index < -0.39 is 14.7 Å². The Kier molecular flexibility index (Phi) is 7.06. The first-order chi connectivity index (χ1) is 16.8. The molecule has 8 heteroatoms. The van der Waals surface area contributed by atoms with Gasteiger partial charge in [-0.1, -0.05) is 29.8 Å². The fraction of sp³-hybridized carbons (Fsp3) is 0.111. The van der Waals surface area contributed by atoms with Gasteiger partial charge in [0.15, 0.2) is 0 Å². The van der Waals surface area contributed by atoms with Crippen LogP contribution in [0.5, 0.6) is 5.75 Å². The Labute approximate surface area is 209 Å². The van der Waals surface area contributed by atoms with Crippen molar-refractivity contribution in [1.82, 2.24) is 9.78 Å². The molecule has 0 saturated carbocycles. The van der Waals surface area contributed by atoms with Crippen LogP contribution in [0.15, 0.2) is 94.9 Å². The Balaban J connectivity index is 1.83. The summed E-state index contributed by atoms with van der Waals surface area (Å²) in [6.45, 7) is 3.89. The number of aromatic nitrogens is 2. The van der Waals surface area contributed by atoms with E-state index in [0.29, 0.717) is 22.0 Å². The van der Waals surface area contributed by atoms with E-state index >= 15 is 0 Å². The van der Waals surface area contributed by atoms with Crippen LogP contribution in [0.25, 0.3) is 23.0 Å². The minimum absolute atomic E-state index is 0.0121. The van der Waals surface area contributed by atoms with Crippen molar-refractivity contribution >= 4 is 27.5 Å². The number of halogens is 1. The second-order valence-corrected chi connectivity index (χ2v) is 10.3. The largest absolute Gasteiger partial charge is 0.491 e. The SMILES string of the molecule is CC(C)Oc1ccc(-c2nn(-c3ccccc3)cc2C=C(C#N)S(=O)(=O)c2ccc(Cl)cc2)cc1. The lowest BCUT2D eigenvalue weighted by molar-refractivity contribution is 0.242. The van der Waals surface area contributed by atoms with Crippen molar-refractivity contribution in [3.05, 3.63) is 101 Å². The Bertz CT molecular complexity index is 1500. The van der Waals surface area contributed by atoms with E-state index in [-0.39, 0.29) is 11.0 Å². The summed E-state index contributed by atoms with van der Waals surface area (Å²) in [6, 6.07) is 24.4. The molecule has 3 aromatic carbocycles. The van der Waals surface area contributed by atoms with Gasteiger partial charge in [-0.05, 0) is 80.6 Å². The first-order valence-corrected chi connectivity index (χ1v) is 12.7. The number of nitrogens with zero attached hydrogens (tertiary/aromatic N) is 3. The lowest BCUT2D eigenvalue weighted by Gasteiger charge is -2.10. The number of rotatable bonds is 7. The average molecular weight is 504 g/mol. The number of hydrogen-bond donors (Lipinski definition) is 0. The molecule has 6 nitrogen and oxygen atoms in total. The van der Waals surface area contributed by atoms with Gasteiger partial charge in [-0.3, -0.25) is 0 Å². The third kappa shape index (κ3) is 5.46. The molecule has 0 aliphatic heterocycles. The highest BCUT2D eigenvalue weighted by atomic mass is 35.5. The zero-order valence-electron chi connectivity index (χ0n) is 19.1. The van der Waals surface area contributed by atoms with Crippen molar-refractivity contribution in [2.24, 2.45) is 0 Å². The number of benzene rings is 3. The van der Waals surface area contributed by atoms with Crippen LogP contribution in [-0.4, -0.2) is 24.3 Å². The van der Waals surface area contributed by atoms with Crippen LogP contribution in [0.3, 0.4) is 0 Å². The first kappa shape index (κ1) is 24.3. The minimum Gasteiger partial charge on any atom is -0.491 e. The Morgan fingerprint density at radius 2 is 1.69 bits per heavy atom. The summed E-state index contributed by atoms with van der Waals surface area (Å²) in [4.78, 5) is -0.407. The quantitative estimate of drug-likeness (QED) is 0.275. The zero-order valence-corrected chi connectivity index (χ0v) is 20.7. The number of allylic oxidation sites excluding steroid dienone is 1. The molecule has 0 amide bonds. The van der Waals surface area contributed by atoms with E-state index in [9.17, 15) is 13.7 Å². The molecule has 0 saturated heterocycles. The highest BCUT2D eigenvalue weighted by Crippen LogP contribution is 2.30. The van der Waals surface area contributed by atoms with Gasteiger partial charge < -0.3 is 4.74 Å². The molecule has 35 heavy (non-hydrogen) atoms. The van der Waals surface area contributed by atoms with E-state index in [1.807, 2.05) is 74.5 Å². The molecule has 0 N–H and O–H groups in total. The molecule has 1 aromatic heterocycles. The number of para-hydroxylation sites is 1. The van der Waals surface area contributed by atoms with Crippen molar-refractivity contribution in [3.63, 3.8) is 0 Å². The molecule has 176 valence electrons. The van der Waals surface area contributed by atoms with Crippen molar-refractivity contribution < 1.29 is 13.2 Å². The van der Waals surface area contributed by atoms with Gasteiger partial charge in [-0.15, -0.1) is 0 Å². The van der Waals surface area contributed by atoms with Gasteiger partial charge in [-0.25, -0.2) is 13.1 Å². The fourth-order valence-corrected chi connectivity index (χ4v) is 4.72. The summed E-state index contributed by atoms with van der Waals surface area (Å²) in [5.41, 5.74) is 2.57. The summed E-state index contributed by atoms with van der Waals surface area (Å²) >= 11 is 5.90. The van der Waals surface area contributed by atoms with Crippen molar-refractivity contribution in [2.75, 3.05) is 0 Å². The summed E-state index contributed by atoms with van der Waals surface area (Å²) in [7, 11) is -4.06. The van der Waals surface area contributed by atoms with Crippen LogP contribution in [-0.2, 0) is 9.84 Å². The number of ether oxygens (including phenoxy) is 1. The second kappa shape index (κ2) is 10.2. The van der Waals surface area contributed by atoms with Gasteiger partial charge in [0.25, 0.3) is 0 Å². The molecule has 4 rings (SSSR count). The summed E-state index contributed by atoms with van der Waals surface area (Å²) in [5.74, 6) is 0.714. The molecule has 0 atom stereocenters. The van der Waals surface area contributed by atoms with Gasteiger partial charge in [0.2, 0.25) is 9.84 Å². The molecular formula is C27H22ClN3O3S. The van der Waals surface area contributed by atoms with Crippen LogP contribution < -0.4 is 4.74 Å². The predicted molar refractivity (Wildman–Crippen MR) is 137 cm³/mol. The lowest BCUT2D eigenvalue weighted by Crippen LogP contribution is -2.05. The highest BCUT2D eigenvalue weighted by Gasteiger charge is 2.22. The van der Waals surface area contributed by atoms with Gasteiger partial charge in [-0.2, -0.15) is 10.4 Å². The zero-order chi connectivity index (χ0) is 25.0. The molecule has 1 heterocycles. The van der Waals surface area contributed by atoms with E-state index in [2.05, 4.69) is 0 Å². The normalized spacial score (nSPS) is 11.9. The maximum atomic E-state index is 13.2. The predicted octanol–water partition coefficient (Wildman–Crippen LogP) is 6.32. The van der Waals surface area contributed by atoms with Crippen LogP contribution >= 0.6 is 11.6 Å². The van der Waals surface area contributed by atoms with E-state index in [1.165, 1.54) is 30.3 Å². The third-order valence-electron chi connectivity index (χ3n) is 5.07. The molecule has 0 radical (unpaired) electrons. The minimum atomic E-state index is -4.06. The van der Waals surface area contributed by atoms with Crippen LogP contribution in [0.2, 0.25) is 5.02 Å². The van der Waals surface area contributed by atoms with Gasteiger partial charge >= 0.3 is 0 Å². The van der Waals surface area contributed by atoms with E-state index in [1.54, 1.807) is 10.9 Å². The summed E-state index contributed by atoms with van der Waals surface area (Å²) in [6.07, 6.45) is 3.09. The van der Waals surface area contributed by atoms with Crippen molar-refractivity contribution in [2.45, 2.75) is 24.8 Å². The molecular weight excluding hydrogens is 482 g/mol. The monoisotopic (exact) mass is 503 g/mol. The lowest BCUT2D eigenvalue weighted by atomic mass is 10.1. The van der Waals surface area contributed by atoms with Crippen LogP contribution in [0, 0.1) is 11.3 Å². The Morgan fingerprint density at radius 3 is 2.29 bits per heavy atom. The molecule has 0 aliphatic rings. The number of sulfone groups is 1. The average Bonchev–Trinajstić information content (AvgIpc) is 3.27. The molecule has 0 spiro atoms. The molecule has 0 aliphatic carbocycles. The maximum Gasteiger partial charge on any atom is 0.216 e. The molecule has 0 fully saturated rings. The van der Waals surface area contributed by atoms with Gasteiger partial charge in [0.1, 0.15) is 22.4 Å². The number of nitriles is 1. The van der Waals surface area contributed by atoms with Gasteiger partial charge in [0.05, 0.1) is 16.7 Å². The van der Waals surface area contributed by atoms with Crippen molar-refractivity contribution in [3.8, 4) is 28.8 Å². The smallest absolute Gasteiger partial charge is 0.216 e. The van der Waals surface area contributed by atoms with Crippen LogP contribution in [0.4, 0.5) is 0 Å². The standard InChI is InChI=1S/C27H22ClN3O3S/c1-19(2)34-24-12-8-20(9-13-24)27-21(18-31(30-27)23-6-4-3-5-7-23)16-26(17-29)35(32,33)25-14-10-22(28)11-15-25/h3-16,18-19H,1-2H3. The Morgan fingerprint density at radius 1 is 1.03 bits per heavy atom. The van der Waals surface area contributed by atoms with Crippen molar-refractivity contribution in [1.29, 1.82) is 5.26 Å². The number of hydrogen-bond acceptors (Lipinski definition) is 5. The first-order valence-electron chi connectivity index (χ1n) is 10.8. The van der Waals surface area contributed by atoms with Gasteiger partial charge in [0, 0.05) is 22.3 Å². The molecule has 4 aromatic rings. The molecule has 0 unspecified atom stereocenters. The fourth-order valence-electron chi connectivity index (χ4n) is 3.45.